The zero-order valence-corrected chi connectivity index (χ0v) is 40.4. The van der Waals surface area contributed by atoms with Crippen LogP contribution in [0.5, 0.6) is 23.0 Å². The number of ether oxygens (including phenoxy) is 2. The van der Waals surface area contributed by atoms with Crippen molar-refractivity contribution >= 4 is 57.2 Å². The monoisotopic (exact) mass is 988 g/mol. The van der Waals surface area contributed by atoms with Crippen molar-refractivity contribution in [2.24, 2.45) is 5.92 Å². The van der Waals surface area contributed by atoms with E-state index in [9.17, 15) is 19.2 Å². The normalized spacial score (nSPS) is 16.2. The number of piperidine rings is 2. The molecule has 74 heavy (non-hydrogen) atoms. The lowest BCUT2D eigenvalue weighted by Gasteiger charge is -2.37. The molecule has 0 aliphatic carbocycles. The van der Waals surface area contributed by atoms with Gasteiger partial charge in [0.25, 0.3) is 0 Å². The Labute approximate surface area is 426 Å². The number of ketones is 1. The molecule has 6 heterocycles. The van der Waals surface area contributed by atoms with E-state index in [2.05, 4.69) is 50.2 Å². The first kappa shape index (κ1) is 48.5. The summed E-state index contributed by atoms with van der Waals surface area (Å²) < 4.78 is 15.8. The van der Waals surface area contributed by atoms with Crippen molar-refractivity contribution in [2.45, 2.75) is 37.8 Å². The van der Waals surface area contributed by atoms with E-state index in [0.29, 0.717) is 88.9 Å². The molecule has 2 aliphatic rings. The van der Waals surface area contributed by atoms with Crippen LogP contribution in [0.2, 0.25) is 0 Å². The number of rotatable bonds is 17. The molecule has 0 spiro atoms. The Morgan fingerprint density at radius 3 is 1.51 bits per heavy atom. The molecule has 4 aromatic carbocycles. The number of nitrogens with zero attached hydrogens (tertiary/aromatic N) is 10. The van der Waals surface area contributed by atoms with Crippen molar-refractivity contribution in [3.63, 3.8) is 0 Å². The Morgan fingerprint density at radius 1 is 0.581 bits per heavy atom. The molecule has 372 valence electrons. The van der Waals surface area contributed by atoms with Crippen LogP contribution in [-0.2, 0) is 19.2 Å². The van der Waals surface area contributed by atoms with Gasteiger partial charge in [0.1, 0.15) is 64.6 Å². The molecule has 4 aromatic heterocycles. The highest BCUT2D eigenvalue weighted by Crippen LogP contribution is 2.38. The maximum Gasteiger partial charge on any atom is 0.248 e. The number of nitrogens with one attached hydrogen (secondary N) is 2. The van der Waals surface area contributed by atoms with Gasteiger partial charge in [-0.15, -0.1) is 0 Å². The number of amides is 3. The predicted molar refractivity (Wildman–Crippen MR) is 280 cm³/mol. The number of hydrogen-bond acceptors (Lipinski definition) is 13. The Balaban J connectivity index is 0.902. The van der Waals surface area contributed by atoms with E-state index in [1.165, 1.54) is 30.9 Å². The summed E-state index contributed by atoms with van der Waals surface area (Å²) in [6.45, 7) is 13.0. The van der Waals surface area contributed by atoms with E-state index < -0.39 is 17.7 Å². The highest BCUT2D eigenvalue weighted by atomic mass is 16.5. The lowest BCUT2D eigenvalue weighted by molar-refractivity contribution is -0.142. The van der Waals surface area contributed by atoms with Crippen molar-refractivity contribution in [3.8, 4) is 45.5 Å². The number of carbonyl (C=O) groups is 4. The topological polar surface area (TPSA) is 204 Å². The first-order chi connectivity index (χ1) is 36.2. The van der Waals surface area contributed by atoms with Crippen LogP contribution in [0.4, 0.5) is 11.6 Å². The summed E-state index contributed by atoms with van der Waals surface area (Å²) in [5, 5.41) is 17.0. The second-order valence-electron chi connectivity index (χ2n) is 18.0. The Hall–Kier alpha value is -9.16. The molecular formula is C56H52N12O6. The third kappa shape index (κ3) is 10.3. The predicted octanol–water partition coefficient (Wildman–Crippen LogP) is 9.01. The molecule has 0 radical (unpaired) electrons. The second kappa shape index (κ2) is 21.7. The molecule has 2 N–H and O–H groups in total. The third-order valence-corrected chi connectivity index (χ3v) is 13.2. The Morgan fingerprint density at radius 2 is 1.04 bits per heavy atom. The zero-order chi connectivity index (χ0) is 51.1. The van der Waals surface area contributed by atoms with Crippen molar-refractivity contribution in [1.82, 2.24) is 49.3 Å². The fraction of sp³-hybridized carbons (Fsp3) is 0.214. The van der Waals surface area contributed by atoms with Gasteiger partial charge in [-0.2, -0.15) is 10.2 Å². The summed E-state index contributed by atoms with van der Waals surface area (Å²) in [6.07, 6.45) is 9.13. The number of fused-ring (bicyclic) bond motifs is 2. The van der Waals surface area contributed by atoms with Gasteiger partial charge in [-0.3, -0.25) is 24.1 Å². The lowest BCUT2D eigenvalue weighted by atomic mass is 9.96. The zero-order valence-electron chi connectivity index (χ0n) is 40.4. The number of carbonyl (C=O) groups excluding carboxylic acids is 4. The van der Waals surface area contributed by atoms with Gasteiger partial charge in [0.2, 0.25) is 17.7 Å². The number of likely N-dealkylation sites (tertiary alicyclic amines) is 2. The maximum atomic E-state index is 14.8. The Kier molecular flexibility index (Phi) is 14.2. The average molecular weight is 989 g/mol. The molecule has 18 nitrogen and oxygen atoms in total. The largest absolute Gasteiger partial charge is 0.457 e. The van der Waals surface area contributed by atoms with Gasteiger partial charge < -0.3 is 25.0 Å². The smallest absolute Gasteiger partial charge is 0.248 e. The Bertz CT molecular complexity index is 3400. The van der Waals surface area contributed by atoms with Crippen molar-refractivity contribution in [3.05, 3.63) is 160 Å². The van der Waals surface area contributed by atoms with E-state index in [1.807, 2.05) is 114 Å². The van der Waals surface area contributed by atoms with Gasteiger partial charge in [0.05, 0.1) is 22.9 Å². The van der Waals surface area contributed by atoms with Gasteiger partial charge in [0, 0.05) is 37.3 Å². The number of anilines is 2. The molecule has 3 atom stereocenters. The van der Waals surface area contributed by atoms with Gasteiger partial charge in [0.15, 0.2) is 17.1 Å². The van der Waals surface area contributed by atoms with E-state index in [0.717, 1.165) is 24.0 Å². The van der Waals surface area contributed by atoms with Crippen LogP contribution in [0.25, 0.3) is 44.6 Å². The number of benzene rings is 4. The molecule has 2 fully saturated rings. The van der Waals surface area contributed by atoms with Crippen LogP contribution in [-0.4, -0.2) is 106 Å². The molecule has 18 heteroatoms. The van der Waals surface area contributed by atoms with Gasteiger partial charge >= 0.3 is 0 Å². The highest BCUT2D eigenvalue weighted by Gasteiger charge is 2.37. The lowest BCUT2D eigenvalue weighted by Crippen LogP contribution is -2.50. The van der Waals surface area contributed by atoms with Gasteiger partial charge in [-0.1, -0.05) is 56.1 Å². The standard InChI is InChI=1S/C56H52N12O6/c1-4-45(69)44(33-65-29-13-15-38(31-65)67-54-48(52(57-34-59-54)61-46(70)5-2)50(63-67)36-21-25-42(26-22-36)73-40-17-9-7-10-18-40)56(72)66-30-14-16-39(32-66)68-55-49(53(58-35-60-55)62-47(71)6-3)51(64-68)37-23-27-43(28-24-37)74-41-19-11-8-12-20-41/h4-12,17-28,34-35,38-39,44H,1-3,13-16,29-33H2,(H,57,59,61,70)(H,58,60,62,71)/t38?,39-,44?/m1/s1. The molecule has 0 bridgehead atoms. The first-order valence-corrected chi connectivity index (χ1v) is 24.3. The molecule has 2 saturated heterocycles. The van der Waals surface area contributed by atoms with Crippen LogP contribution in [0.3, 0.4) is 0 Å². The molecule has 2 aliphatic heterocycles. The highest BCUT2D eigenvalue weighted by molar-refractivity contribution is 6.09. The van der Waals surface area contributed by atoms with Crippen LogP contribution in [0.1, 0.15) is 37.8 Å². The quantitative estimate of drug-likeness (QED) is 0.0647. The minimum absolute atomic E-state index is 0.157. The number of hydrogen-bond donors (Lipinski definition) is 2. The summed E-state index contributed by atoms with van der Waals surface area (Å²) in [7, 11) is 0. The van der Waals surface area contributed by atoms with Gasteiger partial charge in [-0.05, 0) is 123 Å². The van der Waals surface area contributed by atoms with Crippen LogP contribution in [0.15, 0.2) is 160 Å². The fourth-order valence-electron chi connectivity index (χ4n) is 9.66. The summed E-state index contributed by atoms with van der Waals surface area (Å²) in [4.78, 5) is 76.1. The molecule has 3 amide bonds. The maximum absolute atomic E-state index is 14.8. The number of para-hydroxylation sites is 2. The van der Waals surface area contributed by atoms with E-state index >= 15 is 0 Å². The second-order valence-corrected chi connectivity index (χ2v) is 18.0. The fourth-order valence-corrected chi connectivity index (χ4v) is 9.66. The summed E-state index contributed by atoms with van der Waals surface area (Å²) >= 11 is 0. The minimum Gasteiger partial charge on any atom is -0.457 e. The van der Waals surface area contributed by atoms with Gasteiger partial charge in [-0.25, -0.2) is 29.3 Å². The van der Waals surface area contributed by atoms with Crippen molar-refractivity contribution in [1.29, 1.82) is 0 Å². The van der Waals surface area contributed by atoms with Crippen LogP contribution < -0.4 is 20.1 Å². The SMILES string of the molecule is C=CC(=O)Nc1ncnc2c1c(-c1ccc(Oc3ccccc3)cc1)nn2C1CCCN(CC(C(=O)C=C)C(=O)N2CCC[C@@H](n3nc(-c4ccc(Oc5ccccc5)cc4)c4c(NC(=O)C=C)ncnc43)C2)C1. The van der Waals surface area contributed by atoms with Crippen LogP contribution in [0, 0.1) is 5.92 Å². The summed E-state index contributed by atoms with van der Waals surface area (Å²) in [5.74, 6) is 0.630. The van der Waals surface area contributed by atoms with E-state index in [-0.39, 0.29) is 48.5 Å². The van der Waals surface area contributed by atoms with E-state index in [1.54, 1.807) is 9.58 Å². The molecule has 10 rings (SSSR count). The summed E-state index contributed by atoms with van der Waals surface area (Å²) in [6, 6.07) is 33.4. The molecule has 0 saturated carbocycles. The summed E-state index contributed by atoms with van der Waals surface area (Å²) in [5.41, 5.74) is 3.56. The van der Waals surface area contributed by atoms with E-state index in [4.69, 9.17) is 24.7 Å². The van der Waals surface area contributed by atoms with Crippen LogP contribution >= 0.6 is 0 Å². The molecule has 8 aromatic rings. The number of allylic oxidation sites excluding steroid dienone is 1. The third-order valence-electron chi connectivity index (χ3n) is 13.2. The minimum atomic E-state index is -1.03. The number of aromatic nitrogens is 8. The van der Waals surface area contributed by atoms with Crippen molar-refractivity contribution in [2.75, 3.05) is 43.4 Å². The van der Waals surface area contributed by atoms with Crippen molar-refractivity contribution < 1.29 is 28.7 Å². The molecular weight excluding hydrogens is 937 g/mol. The first-order valence-electron chi connectivity index (χ1n) is 24.3. The molecule has 2 unspecified atom stereocenters. The average Bonchev–Trinajstić information content (AvgIpc) is 4.04.